The van der Waals surface area contributed by atoms with Gasteiger partial charge in [-0.15, -0.1) is 0 Å². The maximum Gasteiger partial charge on any atom is 0.258 e. The van der Waals surface area contributed by atoms with E-state index in [1.54, 1.807) is 13.3 Å². The van der Waals surface area contributed by atoms with Gasteiger partial charge in [-0.2, -0.15) is 0 Å². The van der Waals surface area contributed by atoms with Crippen molar-refractivity contribution < 1.29 is 14.3 Å². The Morgan fingerprint density at radius 1 is 0.765 bits per heavy atom. The van der Waals surface area contributed by atoms with E-state index in [1.807, 2.05) is 60.7 Å². The highest BCUT2D eigenvalue weighted by molar-refractivity contribution is 6.39. The fraction of sp³-hybridized carbons (Fsp3) is 0.289. The van der Waals surface area contributed by atoms with Gasteiger partial charge < -0.3 is 26.0 Å². The van der Waals surface area contributed by atoms with Crippen molar-refractivity contribution in [2.45, 2.75) is 50.9 Å². The summed E-state index contributed by atoms with van der Waals surface area (Å²) >= 11 is 14.1. The van der Waals surface area contributed by atoms with Crippen LogP contribution in [0.5, 0.6) is 5.88 Å². The standard InChI is InChI=1S/C38H37Cl2N7O4/c1-51-38-23(18-42-20-25-11-15-34(49)44-25)9-12-30(46-38)28-6-2-4-26(36(28)39)27-5-3-7-29(37(27)40)31-16-35(50)47-21-22(8-13-32(47)45-31)17-41-19-24-10-14-33(48)43-24/h2-9,12-13,16,21,24-25,41-42H,10-11,14-15,17-20H2,1H3,(H,43,48)(H,44,49)/t24-,25-/m0/s1. The largest absolute Gasteiger partial charge is 0.481 e. The van der Waals surface area contributed by atoms with Crippen LogP contribution in [0, 0.1) is 0 Å². The number of pyridine rings is 2. The van der Waals surface area contributed by atoms with Crippen LogP contribution in [-0.4, -0.2) is 58.5 Å². The summed E-state index contributed by atoms with van der Waals surface area (Å²) in [5.74, 6) is 0.654. The lowest BCUT2D eigenvalue weighted by Crippen LogP contribution is -2.35. The topological polar surface area (TPSA) is 139 Å². The second-order valence-electron chi connectivity index (χ2n) is 12.8. The predicted octanol–water partition coefficient (Wildman–Crippen LogP) is 5.14. The number of aromatic nitrogens is 3. The zero-order chi connectivity index (χ0) is 35.5. The first-order chi connectivity index (χ1) is 24.8. The average molecular weight is 727 g/mol. The molecule has 51 heavy (non-hydrogen) atoms. The monoisotopic (exact) mass is 725 g/mol. The Kier molecular flexibility index (Phi) is 10.3. The molecule has 0 aliphatic carbocycles. The lowest BCUT2D eigenvalue weighted by molar-refractivity contribution is -0.120. The second-order valence-corrected chi connectivity index (χ2v) is 13.6. The van der Waals surface area contributed by atoms with Gasteiger partial charge in [0.25, 0.3) is 5.56 Å². The predicted molar refractivity (Wildman–Crippen MR) is 198 cm³/mol. The Labute approximate surface area is 304 Å². The minimum atomic E-state index is -0.231. The molecule has 0 spiro atoms. The molecule has 2 aliphatic heterocycles. The fourth-order valence-electron chi connectivity index (χ4n) is 6.63. The van der Waals surface area contributed by atoms with E-state index in [9.17, 15) is 14.4 Å². The van der Waals surface area contributed by atoms with Gasteiger partial charge in [-0.25, -0.2) is 9.97 Å². The number of hydrogen-bond acceptors (Lipinski definition) is 8. The molecule has 2 fully saturated rings. The Morgan fingerprint density at radius 3 is 1.98 bits per heavy atom. The highest BCUT2D eigenvalue weighted by Crippen LogP contribution is 2.42. The zero-order valence-electron chi connectivity index (χ0n) is 28.0. The van der Waals surface area contributed by atoms with Gasteiger partial charge in [0, 0.05) is 91.2 Å². The number of amides is 2. The molecule has 2 amide bonds. The zero-order valence-corrected chi connectivity index (χ0v) is 29.5. The van der Waals surface area contributed by atoms with Crippen LogP contribution in [0.15, 0.2) is 77.7 Å². The number of halogens is 2. The molecule has 262 valence electrons. The number of benzene rings is 2. The number of rotatable bonds is 12. The summed E-state index contributed by atoms with van der Waals surface area (Å²) in [6.45, 7) is 2.41. The molecular weight excluding hydrogens is 689 g/mol. The Balaban J connectivity index is 1.11. The normalized spacial score (nSPS) is 17.2. The summed E-state index contributed by atoms with van der Waals surface area (Å²) < 4.78 is 7.16. The van der Waals surface area contributed by atoms with Crippen LogP contribution >= 0.6 is 23.2 Å². The van der Waals surface area contributed by atoms with Gasteiger partial charge in [0.2, 0.25) is 17.7 Å². The van der Waals surface area contributed by atoms with Crippen molar-refractivity contribution in [1.29, 1.82) is 0 Å². The summed E-state index contributed by atoms with van der Waals surface area (Å²) in [4.78, 5) is 45.9. The molecule has 2 saturated heterocycles. The van der Waals surface area contributed by atoms with Crippen LogP contribution in [0.25, 0.3) is 39.3 Å². The first kappa shape index (κ1) is 34.6. The third kappa shape index (κ3) is 7.62. The molecule has 3 aromatic heterocycles. The lowest BCUT2D eigenvalue weighted by atomic mass is 9.98. The molecular formula is C38H37Cl2N7O4. The van der Waals surface area contributed by atoms with Crippen molar-refractivity contribution in [3.05, 3.63) is 104 Å². The van der Waals surface area contributed by atoms with E-state index in [2.05, 4.69) is 21.3 Å². The van der Waals surface area contributed by atoms with Crippen molar-refractivity contribution in [3.63, 3.8) is 0 Å². The molecule has 2 aliphatic rings. The first-order valence-electron chi connectivity index (χ1n) is 16.9. The second kappa shape index (κ2) is 15.2. The van der Waals surface area contributed by atoms with E-state index in [0.717, 1.165) is 24.0 Å². The van der Waals surface area contributed by atoms with E-state index in [1.165, 1.54) is 10.5 Å². The number of hydrogen-bond donors (Lipinski definition) is 4. The number of ether oxygens (including phenoxy) is 1. The molecule has 2 aromatic carbocycles. The van der Waals surface area contributed by atoms with Gasteiger partial charge in [-0.05, 0) is 30.5 Å². The van der Waals surface area contributed by atoms with Crippen LogP contribution in [0.2, 0.25) is 10.0 Å². The molecule has 2 atom stereocenters. The first-order valence-corrected chi connectivity index (χ1v) is 17.7. The number of carbonyl (C=O) groups is 2. The summed E-state index contributed by atoms with van der Waals surface area (Å²) in [6, 6.07) is 20.6. The number of nitrogens with zero attached hydrogens (tertiary/aromatic N) is 3. The number of carbonyl (C=O) groups excluding carboxylic acids is 2. The molecule has 4 N–H and O–H groups in total. The SMILES string of the molecule is COc1nc(-c2cccc(-c3cccc(-c4cc(=O)n5cc(CNC[C@@H]6CCC(=O)N6)ccc5n4)c3Cl)c2Cl)ccc1CNC[C@@H]1CCC(=O)N1. The average Bonchev–Trinajstić information content (AvgIpc) is 3.75. The minimum absolute atomic E-state index is 0.0847. The summed E-state index contributed by atoms with van der Waals surface area (Å²) in [5, 5.41) is 13.5. The smallest absolute Gasteiger partial charge is 0.258 e. The molecule has 5 heterocycles. The van der Waals surface area contributed by atoms with Gasteiger partial charge in [-0.1, -0.05) is 71.7 Å². The number of nitrogens with one attached hydrogen (secondary N) is 4. The van der Waals surface area contributed by atoms with Gasteiger partial charge >= 0.3 is 0 Å². The van der Waals surface area contributed by atoms with E-state index in [-0.39, 0.29) is 29.5 Å². The number of fused-ring (bicyclic) bond motifs is 1. The molecule has 0 bridgehead atoms. The highest BCUT2D eigenvalue weighted by Gasteiger charge is 2.22. The Morgan fingerprint density at radius 2 is 1.37 bits per heavy atom. The van der Waals surface area contributed by atoms with Crippen molar-refractivity contribution in [1.82, 2.24) is 35.6 Å². The van der Waals surface area contributed by atoms with E-state index in [4.69, 9.17) is 37.9 Å². The van der Waals surface area contributed by atoms with Crippen molar-refractivity contribution in [2.75, 3.05) is 20.2 Å². The maximum absolute atomic E-state index is 13.3. The molecule has 13 heteroatoms. The van der Waals surface area contributed by atoms with Crippen LogP contribution < -0.4 is 31.6 Å². The van der Waals surface area contributed by atoms with Gasteiger partial charge in [0.1, 0.15) is 5.65 Å². The Hall–Kier alpha value is -4.81. The molecule has 0 radical (unpaired) electrons. The van der Waals surface area contributed by atoms with Crippen LogP contribution in [0.1, 0.15) is 36.8 Å². The lowest BCUT2D eigenvalue weighted by Gasteiger charge is -2.16. The quantitative estimate of drug-likeness (QED) is 0.139. The van der Waals surface area contributed by atoms with Crippen molar-refractivity contribution in [2.24, 2.45) is 0 Å². The minimum Gasteiger partial charge on any atom is -0.481 e. The van der Waals surface area contributed by atoms with Crippen LogP contribution in [0.4, 0.5) is 0 Å². The fourth-order valence-corrected chi connectivity index (χ4v) is 7.28. The summed E-state index contributed by atoms with van der Waals surface area (Å²) in [7, 11) is 1.58. The molecule has 0 unspecified atom stereocenters. The third-order valence-corrected chi connectivity index (χ3v) is 10.1. The van der Waals surface area contributed by atoms with E-state index in [0.29, 0.717) is 94.2 Å². The van der Waals surface area contributed by atoms with Crippen molar-refractivity contribution in [3.8, 4) is 39.5 Å². The van der Waals surface area contributed by atoms with E-state index < -0.39 is 0 Å². The van der Waals surface area contributed by atoms with Crippen molar-refractivity contribution >= 4 is 40.7 Å². The third-order valence-electron chi connectivity index (χ3n) is 9.29. The maximum atomic E-state index is 13.3. The van der Waals surface area contributed by atoms with Crippen LogP contribution in [0.3, 0.4) is 0 Å². The molecule has 5 aromatic rings. The van der Waals surface area contributed by atoms with Gasteiger partial charge in [0.05, 0.1) is 28.5 Å². The van der Waals surface area contributed by atoms with Gasteiger partial charge in [-0.3, -0.25) is 18.8 Å². The molecule has 7 rings (SSSR count). The summed E-state index contributed by atoms with van der Waals surface area (Å²) in [6.07, 6.45) is 4.54. The number of methoxy groups -OCH3 is 1. The van der Waals surface area contributed by atoms with Gasteiger partial charge in [0.15, 0.2) is 0 Å². The van der Waals surface area contributed by atoms with E-state index >= 15 is 0 Å². The Bertz CT molecular complexity index is 2190. The molecule has 11 nitrogen and oxygen atoms in total. The highest BCUT2D eigenvalue weighted by atomic mass is 35.5. The summed E-state index contributed by atoms with van der Waals surface area (Å²) in [5.41, 5.74) is 5.88. The van der Waals surface area contributed by atoms with Crippen LogP contribution in [-0.2, 0) is 22.7 Å². The molecule has 0 saturated carbocycles.